The van der Waals surface area contributed by atoms with Crippen molar-refractivity contribution in [2.45, 2.75) is 13.8 Å². The first-order valence-corrected chi connectivity index (χ1v) is 4.51. The van der Waals surface area contributed by atoms with Crippen LogP contribution in [-0.2, 0) is 4.79 Å². The van der Waals surface area contributed by atoms with E-state index in [4.69, 9.17) is 0 Å². The van der Waals surface area contributed by atoms with Crippen molar-refractivity contribution in [2.24, 2.45) is 5.92 Å². The van der Waals surface area contributed by atoms with Gasteiger partial charge in [-0.3, -0.25) is 14.9 Å². The minimum absolute atomic E-state index is 0.178. The standard InChI is InChI=1S/C11H13NO2/c1-8(2)10(13)12-11(14)9-6-4-3-5-7-9/h3-8H,1-2H3,(H,12,13,14). The normalized spacial score (nSPS) is 9.93. The first-order valence-electron chi connectivity index (χ1n) is 4.51. The Hall–Kier alpha value is -1.64. The van der Waals surface area contributed by atoms with Crippen LogP contribution in [0.3, 0.4) is 0 Å². The molecule has 1 aromatic carbocycles. The van der Waals surface area contributed by atoms with Crippen LogP contribution < -0.4 is 5.32 Å². The van der Waals surface area contributed by atoms with E-state index < -0.39 is 0 Å². The molecule has 1 aromatic rings. The number of benzene rings is 1. The van der Waals surface area contributed by atoms with E-state index in [1.165, 1.54) is 0 Å². The van der Waals surface area contributed by atoms with Crippen LogP contribution in [0.25, 0.3) is 0 Å². The third kappa shape index (κ3) is 2.69. The Balaban J connectivity index is 2.65. The summed E-state index contributed by atoms with van der Waals surface area (Å²) in [7, 11) is 0. The number of carbonyl (C=O) groups is 2. The molecule has 0 fully saturated rings. The molecule has 0 saturated carbocycles. The third-order valence-electron chi connectivity index (χ3n) is 1.80. The maximum Gasteiger partial charge on any atom is 0.257 e. The first-order chi connectivity index (χ1) is 6.61. The van der Waals surface area contributed by atoms with Gasteiger partial charge in [-0.05, 0) is 12.1 Å². The molecule has 0 aromatic heterocycles. The van der Waals surface area contributed by atoms with Crippen LogP contribution in [0.5, 0.6) is 0 Å². The molecule has 0 aliphatic rings. The van der Waals surface area contributed by atoms with E-state index in [0.29, 0.717) is 5.56 Å². The SMILES string of the molecule is CC(C)C(=O)NC(=O)c1ccccc1. The minimum atomic E-state index is -0.343. The Kier molecular flexibility index (Phi) is 3.40. The molecule has 14 heavy (non-hydrogen) atoms. The summed E-state index contributed by atoms with van der Waals surface area (Å²) in [4.78, 5) is 22.6. The maximum atomic E-state index is 11.4. The van der Waals surface area contributed by atoms with Crippen molar-refractivity contribution in [2.75, 3.05) is 0 Å². The lowest BCUT2D eigenvalue weighted by atomic mass is 10.2. The van der Waals surface area contributed by atoms with Gasteiger partial charge in [0, 0.05) is 11.5 Å². The number of rotatable bonds is 2. The average molecular weight is 191 g/mol. The zero-order valence-electron chi connectivity index (χ0n) is 8.28. The Morgan fingerprint density at radius 2 is 1.71 bits per heavy atom. The van der Waals surface area contributed by atoms with Crippen molar-refractivity contribution in [1.82, 2.24) is 5.32 Å². The van der Waals surface area contributed by atoms with Crippen LogP contribution in [0.4, 0.5) is 0 Å². The van der Waals surface area contributed by atoms with Crippen molar-refractivity contribution in [3.8, 4) is 0 Å². The summed E-state index contributed by atoms with van der Waals surface area (Å²) in [6, 6.07) is 8.68. The van der Waals surface area contributed by atoms with Gasteiger partial charge in [0.15, 0.2) is 0 Å². The topological polar surface area (TPSA) is 46.2 Å². The van der Waals surface area contributed by atoms with Gasteiger partial charge >= 0.3 is 0 Å². The van der Waals surface area contributed by atoms with Gasteiger partial charge < -0.3 is 0 Å². The number of hydrogen-bond donors (Lipinski definition) is 1. The van der Waals surface area contributed by atoms with Gasteiger partial charge in [-0.1, -0.05) is 32.0 Å². The molecular weight excluding hydrogens is 178 g/mol. The summed E-state index contributed by atoms with van der Waals surface area (Å²) in [5, 5.41) is 2.32. The molecule has 0 spiro atoms. The lowest BCUT2D eigenvalue weighted by Gasteiger charge is -2.05. The fourth-order valence-electron chi connectivity index (χ4n) is 0.918. The van der Waals surface area contributed by atoms with Crippen molar-refractivity contribution in [3.05, 3.63) is 35.9 Å². The predicted octanol–water partition coefficient (Wildman–Crippen LogP) is 1.60. The smallest absolute Gasteiger partial charge is 0.257 e. The molecule has 1 rings (SSSR count). The molecule has 1 N–H and O–H groups in total. The second-order valence-corrected chi connectivity index (χ2v) is 3.34. The molecule has 0 radical (unpaired) electrons. The number of imide groups is 1. The molecule has 0 aliphatic carbocycles. The van der Waals surface area contributed by atoms with E-state index in [1.807, 2.05) is 6.07 Å². The number of hydrogen-bond acceptors (Lipinski definition) is 2. The van der Waals surface area contributed by atoms with Gasteiger partial charge in [0.05, 0.1) is 0 Å². The molecule has 3 heteroatoms. The average Bonchev–Trinajstić information content (AvgIpc) is 2.19. The van der Waals surface area contributed by atoms with E-state index in [1.54, 1.807) is 38.1 Å². The molecule has 0 unspecified atom stereocenters. The molecule has 74 valence electrons. The van der Waals surface area contributed by atoms with Gasteiger partial charge in [0.25, 0.3) is 5.91 Å². The fourth-order valence-corrected chi connectivity index (χ4v) is 0.918. The van der Waals surface area contributed by atoms with Crippen LogP contribution in [0.1, 0.15) is 24.2 Å². The van der Waals surface area contributed by atoms with E-state index in [2.05, 4.69) is 5.32 Å². The Morgan fingerprint density at radius 3 is 2.21 bits per heavy atom. The second-order valence-electron chi connectivity index (χ2n) is 3.34. The maximum absolute atomic E-state index is 11.4. The van der Waals surface area contributed by atoms with Crippen molar-refractivity contribution in [3.63, 3.8) is 0 Å². The van der Waals surface area contributed by atoms with Crippen molar-refractivity contribution in [1.29, 1.82) is 0 Å². The van der Waals surface area contributed by atoms with Gasteiger partial charge in [-0.25, -0.2) is 0 Å². The van der Waals surface area contributed by atoms with Gasteiger partial charge in [0.1, 0.15) is 0 Å². The highest BCUT2D eigenvalue weighted by Gasteiger charge is 2.12. The fraction of sp³-hybridized carbons (Fsp3) is 0.273. The third-order valence-corrected chi connectivity index (χ3v) is 1.80. The lowest BCUT2D eigenvalue weighted by molar-refractivity contribution is -0.122. The molecule has 0 heterocycles. The van der Waals surface area contributed by atoms with Gasteiger partial charge in [-0.15, -0.1) is 0 Å². The van der Waals surface area contributed by atoms with Crippen molar-refractivity contribution < 1.29 is 9.59 Å². The first kappa shape index (κ1) is 10.4. The molecule has 0 bridgehead atoms. The van der Waals surface area contributed by atoms with E-state index >= 15 is 0 Å². The highest BCUT2D eigenvalue weighted by atomic mass is 16.2. The quantitative estimate of drug-likeness (QED) is 0.771. The summed E-state index contributed by atoms with van der Waals surface area (Å²) in [5.41, 5.74) is 0.501. The summed E-state index contributed by atoms with van der Waals surface area (Å²) >= 11 is 0. The number of amides is 2. The summed E-state index contributed by atoms with van der Waals surface area (Å²) in [6.07, 6.45) is 0. The molecular formula is C11H13NO2. The van der Waals surface area contributed by atoms with Crippen LogP contribution in [0, 0.1) is 5.92 Å². The molecule has 0 aliphatic heterocycles. The monoisotopic (exact) mass is 191 g/mol. The largest absolute Gasteiger partial charge is 0.292 e. The number of carbonyl (C=O) groups excluding carboxylic acids is 2. The Labute approximate surface area is 83.1 Å². The summed E-state index contributed by atoms with van der Waals surface area (Å²) in [5.74, 6) is -0.772. The lowest BCUT2D eigenvalue weighted by Crippen LogP contribution is -2.33. The van der Waals surface area contributed by atoms with Gasteiger partial charge in [0.2, 0.25) is 5.91 Å². The Bertz CT molecular complexity index is 330. The second kappa shape index (κ2) is 4.56. The zero-order valence-corrected chi connectivity index (χ0v) is 8.28. The van der Waals surface area contributed by atoms with Crippen LogP contribution in [0.15, 0.2) is 30.3 Å². The summed E-state index contributed by atoms with van der Waals surface area (Å²) < 4.78 is 0. The number of nitrogens with one attached hydrogen (secondary N) is 1. The Morgan fingerprint density at radius 1 is 1.14 bits per heavy atom. The van der Waals surface area contributed by atoms with E-state index in [-0.39, 0.29) is 17.7 Å². The van der Waals surface area contributed by atoms with Crippen LogP contribution in [0.2, 0.25) is 0 Å². The highest BCUT2D eigenvalue weighted by Crippen LogP contribution is 1.99. The molecule has 2 amide bonds. The minimum Gasteiger partial charge on any atom is -0.292 e. The molecule has 0 atom stereocenters. The van der Waals surface area contributed by atoms with E-state index in [9.17, 15) is 9.59 Å². The highest BCUT2D eigenvalue weighted by molar-refractivity contribution is 6.05. The summed E-state index contributed by atoms with van der Waals surface area (Å²) in [6.45, 7) is 3.49. The zero-order chi connectivity index (χ0) is 10.6. The van der Waals surface area contributed by atoms with Crippen molar-refractivity contribution >= 4 is 11.8 Å². The van der Waals surface area contributed by atoms with Crippen LogP contribution >= 0.6 is 0 Å². The van der Waals surface area contributed by atoms with Crippen LogP contribution in [-0.4, -0.2) is 11.8 Å². The van der Waals surface area contributed by atoms with E-state index in [0.717, 1.165) is 0 Å². The predicted molar refractivity (Wildman–Crippen MR) is 53.8 cm³/mol. The van der Waals surface area contributed by atoms with Gasteiger partial charge in [-0.2, -0.15) is 0 Å². The molecule has 3 nitrogen and oxygen atoms in total. The molecule has 0 saturated heterocycles.